The van der Waals surface area contributed by atoms with Crippen molar-refractivity contribution >= 4 is 46.3 Å². The Balaban J connectivity index is 2.21. The van der Waals surface area contributed by atoms with Crippen molar-refractivity contribution in [3.8, 4) is 0 Å². The highest BCUT2D eigenvalue weighted by Crippen LogP contribution is 2.49. The van der Waals surface area contributed by atoms with Crippen LogP contribution in [0.2, 0.25) is 0 Å². The van der Waals surface area contributed by atoms with Gasteiger partial charge in [-0.05, 0) is 78.2 Å². The fourth-order valence-corrected chi connectivity index (χ4v) is 5.37. The van der Waals surface area contributed by atoms with Gasteiger partial charge in [0.25, 0.3) is 5.60 Å². The van der Waals surface area contributed by atoms with Crippen LogP contribution in [0.1, 0.15) is 62.3 Å². The molecule has 0 aromatic rings. The molecule has 16 nitrogen and oxygen atoms in total. The van der Waals surface area contributed by atoms with Crippen LogP contribution < -0.4 is 0 Å². The molecular weight excluding hydrogens is 696 g/mol. The number of fused-ring (bicyclic) bond motifs is 2. The molecule has 0 amide bonds. The average Bonchev–Trinajstić information content (AvgIpc) is 2.88. The summed E-state index contributed by atoms with van der Waals surface area (Å²) in [6.07, 6.45) is -12.0. The van der Waals surface area contributed by atoms with E-state index in [0.717, 1.165) is 6.08 Å². The summed E-state index contributed by atoms with van der Waals surface area (Å²) in [6, 6.07) is 0. The van der Waals surface area contributed by atoms with Crippen molar-refractivity contribution in [2.45, 2.75) is 115 Å². The van der Waals surface area contributed by atoms with Crippen LogP contribution in [0.3, 0.4) is 0 Å². The smallest absolute Gasteiger partial charge is 0.496 e. The van der Waals surface area contributed by atoms with E-state index < -0.39 is 89.9 Å². The molecule has 3 aliphatic rings. The first-order valence-electron chi connectivity index (χ1n) is 14.5. The molecule has 2 aliphatic heterocycles. The van der Waals surface area contributed by atoms with E-state index in [1.54, 1.807) is 62.3 Å². The summed E-state index contributed by atoms with van der Waals surface area (Å²) in [6.45, 7) is 13.7. The molecule has 17 heteroatoms. The summed E-state index contributed by atoms with van der Waals surface area (Å²) in [5.41, 5.74) is -5.17. The molecule has 0 unspecified atom stereocenters. The van der Waals surface area contributed by atoms with Crippen molar-refractivity contribution in [2.75, 3.05) is 20.8 Å². The molecule has 264 valence electrons. The van der Waals surface area contributed by atoms with E-state index in [4.69, 9.17) is 52.1 Å². The summed E-state index contributed by atoms with van der Waals surface area (Å²) in [5.74, 6) is -1.11. The standard InChI is InChI=1S/C30H41BrO16/c1-27(2,3)44-23(33)39-13-15-18(41-24(34)45-28(4,5)6)19(42-25(35)46-29(7,8)9)20-22(40-15)30(47-26(36)43-20)16(37-10)12-14(32)17(31)21(30)38-11/h12,15,18-20,22H,13H2,1-11H3/t15-,18-,19+,20-,22-,30+/m1/s1. The van der Waals surface area contributed by atoms with Crippen molar-refractivity contribution in [2.24, 2.45) is 0 Å². The lowest BCUT2D eigenvalue weighted by Gasteiger charge is -2.53. The van der Waals surface area contributed by atoms with Crippen molar-refractivity contribution in [3.63, 3.8) is 0 Å². The zero-order valence-electron chi connectivity index (χ0n) is 28.1. The van der Waals surface area contributed by atoms with Crippen molar-refractivity contribution in [3.05, 3.63) is 22.1 Å². The number of hydrogen-bond acceptors (Lipinski definition) is 16. The van der Waals surface area contributed by atoms with E-state index in [1.807, 2.05) is 0 Å². The van der Waals surface area contributed by atoms with Crippen LogP contribution in [0.15, 0.2) is 22.1 Å². The number of ether oxygens (including phenoxy) is 11. The summed E-state index contributed by atoms with van der Waals surface area (Å²) < 4.78 is 61.0. The first-order chi connectivity index (χ1) is 21.5. The number of carbonyl (C=O) groups excluding carboxylic acids is 5. The lowest BCUT2D eigenvalue weighted by Crippen LogP contribution is -2.72. The van der Waals surface area contributed by atoms with Crippen LogP contribution in [-0.4, -0.2) is 104 Å². The van der Waals surface area contributed by atoms with Crippen molar-refractivity contribution < 1.29 is 76.1 Å². The van der Waals surface area contributed by atoms with Gasteiger partial charge in [-0.1, -0.05) is 0 Å². The number of methoxy groups -OCH3 is 2. The normalized spacial score (nSPS) is 27.7. The van der Waals surface area contributed by atoms with E-state index in [9.17, 15) is 24.0 Å². The summed E-state index contributed by atoms with van der Waals surface area (Å²) in [4.78, 5) is 64.7. The molecule has 2 saturated heterocycles. The second-order valence-electron chi connectivity index (χ2n) is 13.6. The van der Waals surface area contributed by atoms with Crippen LogP contribution in [0, 0.1) is 0 Å². The van der Waals surface area contributed by atoms with Crippen molar-refractivity contribution in [1.82, 2.24) is 0 Å². The number of rotatable bonds is 6. The SMILES string of the molecule is COC1=CC(=O)C(Br)=C(OC)[C@@]12OC(=O)O[C@@H]1[C@@H](OC(=O)OC(C)(C)C)[C@H](OC(=O)OC(C)(C)C)[C@@H](COC(=O)OC(C)(C)C)O[C@H]12. The maximum atomic E-state index is 13.2. The van der Waals surface area contributed by atoms with Gasteiger partial charge in [0.05, 0.1) is 14.2 Å². The zero-order chi connectivity index (χ0) is 35.7. The topological polar surface area (TPSA) is 187 Å². The summed E-state index contributed by atoms with van der Waals surface area (Å²) in [7, 11) is 2.41. The van der Waals surface area contributed by atoms with E-state index in [-0.39, 0.29) is 16.0 Å². The van der Waals surface area contributed by atoms with Gasteiger partial charge in [-0.3, -0.25) is 4.79 Å². The Kier molecular flexibility index (Phi) is 11.1. The highest BCUT2D eigenvalue weighted by atomic mass is 79.9. The number of ketones is 1. The third-order valence-electron chi connectivity index (χ3n) is 6.32. The van der Waals surface area contributed by atoms with Gasteiger partial charge in [0.2, 0.25) is 0 Å². The molecule has 47 heavy (non-hydrogen) atoms. The van der Waals surface area contributed by atoms with Gasteiger partial charge in [0.15, 0.2) is 41.7 Å². The lowest BCUT2D eigenvalue weighted by atomic mass is 9.78. The van der Waals surface area contributed by atoms with E-state index in [1.165, 1.54) is 14.2 Å². The average molecular weight is 738 g/mol. The third-order valence-corrected chi connectivity index (χ3v) is 7.07. The molecule has 2 fully saturated rings. The minimum atomic E-state index is -2.17. The molecule has 0 radical (unpaired) electrons. The second kappa shape index (κ2) is 13.8. The van der Waals surface area contributed by atoms with Gasteiger partial charge >= 0.3 is 24.6 Å². The van der Waals surface area contributed by atoms with Crippen LogP contribution in [-0.2, 0) is 56.9 Å². The Hall–Kier alpha value is -3.73. The monoisotopic (exact) mass is 736 g/mol. The molecule has 1 aliphatic carbocycles. The Bertz CT molecular complexity index is 1320. The quantitative estimate of drug-likeness (QED) is 0.262. The predicted octanol–water partition coefficient (Wildman–Crippen LogP) is 4.99. The minimum absolute atomic E-state index is 0.156. The molecule has 2 heterocycles. The summed E-state index contributed by atoms with van der Waals surface area (Å²) in [5, 5.41) is 0. The Labute approximate surface area is 280 Å². The molecule has 1 spiro atoms. The maximum absolute atomic E-state index is 13.2. The van der Waals surface area contributed by atoms with Gasteiger partial charge in [0, 0.05) is 6.08 Å². The number of hydrogen-bond donors (Lipinski definition) is 0. The summed E-state index contributed by atoms with van der Waals surface area (Å²) >= 11 is 3.18. The first-order valence-corrected chi connectivity index (χ1v) is 15.3. The lowest BCUT2D eigenvalue weighted by molar-refractivity contribution is -0.295. The molecule has 0 saturated carbocycles. The Morgan fingerprint density at radius 1 is 0.809 bits per heavy atom. The Morgan fingerprint density at radius 3 is 1.81 bits per heavy atom. The first kappa shape index (κ1) is 37.7. The highest BCUT2D eigenvalue weighted by molar-refractivity contribution is 9.12. The van der Waals surface area contributed by atoms with Crippen LogP contribution in [0.25, 0.3) is 0 Å². The minimum Gasteiger partial charge on any atom is -0.496 e. The number of halogens is 1. The van der Waals surface area contributed by atoms with Gasteiger partial charge < -0.3 is 52.1 Å². The molecule has 3 rings (SSSR count). The van der Waals surface area contributed by atoms with Crippen LogP contribution in [0.5, 0.6) is 0 Å². The molecule has 6 atom stereocenters. The predicted molar refractivity (Wildman–Crippen MR) is 160 cm³/mol. The van der Waals surface area contributed by atoms with Gasteiger partial charge in [-0.15, -0.1) is 0 Å². The third kappa shape index (κ3) is 9.00. The van der Waals surface area contributed by atoms with Crippen LogP contribution in [0.4, 0.5) is 19.2 Å². The molecule has 0 aromatic heterocycles. The van der Waals surface area contributed by atoms with Crippen LogP contribution >= 0.6 is 15.9 Å². The van der Waals surface area contributed by atoms with Gasteiger partial charge in [0.1, 0.15) is 34.0 Å². The van der Waals surface area contributed by atoms with E-state index in [0.29, 0.717) is 0 Å². The Morgan fingerprint density at radius 2 is 1.32 bits per heavy atom. The van der Waals surface area contributed by atoms with Gasteiger partial charge in [-0.2, -0.15) is 0 Å². The fourth-order valence-electron chi connectivity index (χ4n) is 4.80. The fraction of sp³-hybridized carbons (Fsp3) is 0.700. The largest absolute Gasteiger partial charge is 0.510 e. The zero-order valence-corrected chi connectivity index (χ0v) is 29.7. The number of allylic oxidation sites excluding steroid dienone is 2. The van der Waals surface area contributed by atoms with Crippen molar-refractivity contribution in [1.29, 1.82) is 0 Å². The molecular formula is C30H41BrO16. The highest BCUT2D eigenvalue weighted by Gasteiger charge is 2.69. The second-order valence-corrected chi connectivity index (χ2v) is 14.4. The molecule has 0 bridgehead atoms. The maximum Gasteiger partial charge on any atom is 0.510 e. The molecule has 0 N–H and O–H groups in total. The van der Waals surface area contributed by atoms with E-state index >= 15 is 0 Å². The molecule has 0 aromatic carbocycles. The van der Waals surface area contributed by atoms with Gasteiger partial charge in [-0.25, -0.2) is 19.2 Å². The van der Waals surface area contributed by atoms with E-state index in [2.05, 4.69) is 15.9 Å². The number of carbonyl (C=O) groups is 5.